The first-order valence-electron chi connectivity index (χ1n) is 10.6. The van der Waals surface area contributed by atoms with Crippen molar-refractivity contribution >= 4 is 17.5 Å². The maximum absolute atomic E-state index is 12.7. The number of carbonyl (C=O) groups excluding carboxylic acids is 2. The number of rotatable bonds is 7. The van der Waals surface area contributed by atoms with Gasteiger partial charge in [-0.2, -0.15) is 0 Å². The third kappa shape index (κ3) is 5.15. The molecule has 6 nitrogen and oxygen atoms in total. The molecule has 0 aliphatic heterocycles. The van der Waals surface area contributed by atoms with E-state index < -0.39 is 6.10 Å². The molecule has 1 heterocycles. The second kappa shape index (κ2) is 9.51. The van der Waals surface area contributed by atoms with Crippen LogP contribution >= 0.6 is 0 Å². The van der Waals surface area contributed by atoms with E-state index in [-0.39, 0.29) is 18.4 Å². The lowest BCUT2D eigenvalue weighted by molar-refractivity contribution is -0.122. The first-order chi connectivity index (χ1) is 15.1. The van der Waals surface area contributed by atoms with E-state index in [1.807, 2.05) is 12.1 Å². The fourth-order valence-electron chi connectivity index (χ4n) is 3.74. The van der Waals surface area contributed by atoms with Crippen molar-refractivity contribution in [3.63, 3.8) is 0 Å². The van der Waals surface area contributed by atoms with Gasteiger partial charge in [0.1, 0.15) is 11.5 Å². The van der Waals surface area contributed by atoms with Crippen LogP contribution in [-0.4, -0.2) is 17.9 Å². The summed E-state index contributed by atoms with van der Waals surface area (Å²) < 4.78 is 11.1. The van der Waals surface area contributed by atoms with Crippen molar-refractivity contribution in [1.29, 1.82) is 0 Å². The van der Waals surface area contributed by atoms with Crippen molar-refractivity contribution in [2.24, 2.45) is 0 Å². The van der Waals surface area contributed by atoms with Gasteiger partial charge in [-0.15, -0.1) is 0 Å². The third-order valence-electron chi connectivity index (χ3n) is 5.43. The minimum Gasteiger partial charge on any atom is -0.481 e. The molecule has 1 aliphatic carbocycles. The zero-order valence-corrected chi connectivity index (χ0v) is 17.5. The van der Waals surface area contributed by atoms with Crippen LogP contribution in [0.4, 0.5) is 5.69 Å². The molecule has 1 atom stereocenters. The maximum Gasteiger partial charge on any atom is 0.265 e. The second-order valence-corrected chi connectivity index (χ2v) is 7.69. The van der Waals surface area contributed by atoms with Gasteiger partial charge in [-0.1, -0.05) is 18.2 Å². The fraction of sp³-hybridized carbons (Fsp3) is 0.280. The molecule has 31 heavy (non-hydrogen) atoms. The van der Waals surface area contributed by atoms with Gasteiger partial charge in [-0.25, -0.2) is 0 Å². The number of fused-ring (bicyclic) bond motifs is 1. The first-order valence-corrected chi connectivity index (χ1v) is 10.6. The van der Waals surface area contributed by atoms with E-state index in [2.05, 4.69) is 16.7 Å². The van der Waals surface area contributed by atoms with Crippen molar-refractivity contribution < 1.29 is 18.7 Å². The Balaban J connectivity index is 1.39. The van der Waals surface area contributed by atoms with Crippen LogP contribution in [0.5, 0.6) is 5.75 Å². The molecule has 0 fully saturated rings. The average molecular weight is 418 g/mol. The monoisotopic (exact) mass is 418 g/mol. The summed E-state index contributed by atoms with van der Waals surface area (Å²) in [5, 5.41) is 5.62. The molecule has 3 aromatic rings. The van der Waals surface area contributed by atoms with Gasteiger partial charge in [-0.05, 0) is 80.1 Å². The molecular weight excluding hydrogens is 392 g/mol. The molecule has 2 aromatic carbocycles. The number of furan rings is 1. The summed E-state index contributed by atoms with van der Waals surface area (Å²) in [7, 11) is 0. The minimum atomic E-state index is -0.708. The number of ether oxygens (including phenoxy) is 1. The maximum atomic E-state index is 12.7. The van der Waals surface area contributed by atoms with E-state index in [4.69, 9.17) is 9.15 Å². The van der Waals surface area contributed by atoms with E-state index in [9.17, 15) is 9.59 Å². The van der Waals surface area contributed by atoms with Crippen LogP contribution in [0, 0.1) is 0 Å². The number of nitrogens with one attached hydrogen (secondary N) is 2. The first kappa shape index (κ1) is 20.7. The zero-order chi connectivity index (χ0) is 21.6. The van der Waals surface area contributed by atoms with Crippen LogP contribution in [0.1, 0.15) is 47.0 Å². The van der Waals surface area contributed by atoms with Crippen molar-refractivity contribution in [1.82, 2.24) is 5.32 Å². The SMILES string of the molecule is C[C@@H](Oc1ccc2c(c1)CCCC2)C(=O)Nc1ccccc1C(=O)NCc1ccco1. The highest BCUT2D eigenvalue weighted by Gasteiger charge is 2.19. The van der Waals surface area contributed by atoms with Crippen LogP contribution in [0.3, 0.4) is 0 Å². The molecule has 2 N–H and O–H groups in total. The Hall–Kier alpha value is -3.54. The van der Waals surface area contributed by atoms with Gasteiger partial charge in [-0.3, -0.25) is 9.59 Å². The van der Waals surface area contributed by atoms with Gasteiger partial charge in [0.05, 0.1) is 24.1 Å². The second-order valence-electron chi connectivity index (χ2n) is 7.69. The van der Waals surface area contributed by atoms with Crippen LogP contribution in [0.25, 0.3) is 0 Å². The van der Waals surface area contributed by atoms with Gasteiger partial charge < -0.3 is 19.8 Å². The molecule has 0 unspecified atom stereocenters. The Morgan fingerprint density at radius 2 is 1.84 bits per heavy atom. The Morgan fingerprint density at radius 1 is 1.03 bits per heavy atom. The highest BCUT2D eigenvalue weighted by atomic mass is 16.5. The van der Waals surface area contributed by atoms with Gasteiger partial charge in [0.25, 0.3) is 11.8 Å². The van der Waals surface area contributed by atoms with Gasteiger partial charge in [0.2, 0.25) is 0 Å². The Labute approximate surface area is 181 Å². The van der Waals surface area contributed by atoms with Crippen LogP contribution in [0.2, 0.25) is 0 Å². The number of anilines is 1. The Kier molecular flexibility index (Phi) is 6.36. The molecule has 4 rings (SSSR count). The topological polar surface area (TPSA) is 80.6 Å². The third-order valence-corrected chi connectivity index (χ3v) is 5.43. The number of amides is 2. The van der Waals surface area contributed by atoms with E-state index in [1.54, 1.807) is 49.6 Å². The van der Waals surface area contributed by atoms with Crippen LogP contribution in [-0.2, 0) is 24.2 Å². The van der Waals surface area contributed by atoms with E-state index in [0.29, 0.717) is 22.8 Å². The lowest BCUT2D eigenvalue weighted by Crippen LogP contribution is -2.31. The van der Waals surface area contributed by atoms with Crippen LogP contribution in [0.15, 0.2) is 65.3 Å². The van der Waals surface area contributed by atoms with Gasteiger partial charge in [0, 0.05) is 0 Å². The van der Waals surface area contributed by atoms with Gasteiger partial charge >= 0.3 is 0 Å². The number of para-hydroxylation sites is 1. The van der Waals surface area contributed by atoms with Crippen molar-refractivity contribution in [2.75, 3.05) is 5.32 Å². The van der Waals surface area contributed by atoms with Crippen molar-refractivity contribution in [2.45, 2.75) is 45.3 Å². The number of hydrogen-bond acceptors (Lipinski definition) is 4. The lowest BCUT2D eigenvalue weighted by Gasteiger charge is -2.19. The molecule has 1 aromatic heterocycles. The largest absolute Gasteiger partial charge is 0.481 e. The lowest BCUT2D eigenvalue weighted by atomic mass is 9.92. The molecule has 2 amide bonds. The number of carbonyl (C=O) groups is 2. The average Bonchev–Trinajstić information content (AvgIpc) is 3.31. The predicted octanol–water partition coefficient (Wildman–Crippen LogP) is 4.49. The number of benzene rings is 2. The summed E-state index contributed by atoms with van der Waals surface area (Å²) in [6, 6.07) is 16.5. The molecule has 0 spiro atoms. The molecule has 0 saturated heterocycles. The highest BCUT2D eigenvalue weighted by Crippen LogP contribution is 2.26. The molecule has 160 valence electrons. The summed E-state index contributed by atoms with van der Waals surface area (Å²) in [5.74, 6) is 0.731. The van der Waals surface area contributed by atoms with Crippen LogP contribution < -0.4 is 15.4 Å². The smallest absolute Gasteiger partial charge is 0.265 e. The molecular formula is C25H26N2O4. The molecule has 1 aliphatic rings. The zero-order valence-electron chi connectivity index (χ0n) is 17.5. The van der Waals surface area contributed by atoms with Gasteiger partial charge in [0.15, 0.2) is 6.10 Å². The fourth-order valence-corrected chi connectivity index (χ4v) is 3.74. The normalized spacial score (nSPS) is 13.7. The highest BCUT2D eigenvalue weighted by molar-refractivity contribution is 6.04. The number of hydrogen-bond donors (Lipinski definition) is 2. The standard InChI is InChI=1S/C25H26N2O4/c1-17(31-20-13-12-18-7-2-3-8-19(18)15-20)24(28)27-23-11-5-4-10-22(23)25(29)26-16-21-9-6-14-30-21/h4-6,9-15,17H,2-3,7-8,16H2,1H3,(H,26,29)(H,27,28)/t17-/m1/s1. The molecule has 0 radical (unpaired) electrons. The summed E-state index contributed by atoms with van der Waals surface area (Å²) in [6.07, 6.45) is 5.41. The summed E-state index contributed by atoms with van der Waals surface area (Å²) in [4.78, 5) is 25.3. The van der Waals surface area contributed by atoms with E-state index in [1.165, 1.54) is 24.0 Å². The summed E-state index contributed by atoms with van der Waals surface area (Å²) in [6.45, 7) is 1.97. The Bertz CT molecular complexity index is 1060. The van der Waals surface area contributed by atoms with Crippen molar-refractivity contribution in [3.8, 4) is 5.75 Å². The predicted molar refractivity (Wildman–Crippen MR) is 118 cm³/mol. The summed E-state index contributed by atoms with van der Waals surface area (Å²) >= 11 is 0. The minimum absolute atomic E-state index is 0.270. The molecule has 0 bridgehead atoms. The van der Waals surface area contributed by atoms with E-state index in [0.717, 1.165) is 12.8 Å². The Morgan fingerprint density at radius 3 is 2.65 bits per heavy atom. The molecule has 0 saturated carbocycles. The van der Waals surface area contributed by atoms with Crippen molar-refractivity contribution in [3.05, 3.63) is 83.3 Å². The quantitative estimate of drug-likeness (QED) is 0.592. The summed E-state index contributed by atoms with van der Waals surface area (Å²) in [5.41, 5.74) is 3.48. The van der Waals surface area contributed by atoms with E-state index >= 15 is 0 Å². The number of aryl methyl sites for hydroxylation is 2. The molecule has 6 heteroatoms.